The third-order valence-electron chi connectivity index (χ3n) is 8.20. The number of methoxy groups -OCH3 is 1. The van der Waals surface area contributed by atoms with Crippen molar-refractivity contribution in [1.29, 1.82) is 0 Å². The number of benzene rings is 3. The summed E-state index contributed by atoms with van der Waals surface area (Å²) in [5, 5.41) is 12.4. The molecular weight excluding hydrogens is 689 g/mol. The van der Waals surface area contributed by atoms with E-state index in [2.05, 4.69) is 22.7 Å². The van der Waals surface area contributed by atoms with Crippen LogP contribution in [-0.4, -0.2) is 69.8 Å². The maximum Gasteiger partial charge on any atom is 0.418 e. The predicted molar refractivity (Wildman–Crippen MR) is 195 cm³/mol. The van der Waals surface area contributed by atoms with Crippen molar-refractivity contribution < 1.29 is 48.1 Å². The summed E-state index contributed by atoms with van der Waals surface area (Å²) in [5.74, 6) is -4.75. The summed E-state index contributed by atoms with van der Waals surface area (Å²) in [6.45, 7) is 3.07. The number of esters is 1. The Labute approximate surface area is 309 Å². The number of Topliss-reactive ketones (excluding diaryl/α,β-unsaturated/α-hetero) is 1. The first-order chi connectivity index (χ1) is 24.9. The van der Waals surface area contributed by atoms with E-state index in [-0.39, 0.29) is 38.4 Å². The molecule has 0 aliphatic carbocycles. The van der Waals surface area contributed by atoms with Gasteiger partial charge in [0.25, 0.3) is 0 Å². The lowest BCUT2D eigenvalue weighted by molar-refractivity contribution is -0.163. The summed E-state index contributed by atoms with van der Waals surface area (Å²) >= 11 is 4.46. The molecule has 2 N–H and O–H groups in total. The summed E-state index contributed by atoms with van der Waals surface area (Å²) in [4.78, 5) is 82.3. The van der Waals surface area contributed by atoms with Gasteiger partial charge < -0.3 is 24.6 Å². The van der Waals surface area contributed by atoms with Crippen LogP contribution in [0.2, 0.25) is 0 Å². The minimum Gasteiger partial charge on any atom is -0.479 e. The number of nitrogens with one attached hydrogen (secondary N) is 1. The molecule has 0 aromatic heterocycles. The predicted octanol–water partition coefficient (Wildman–Crippen LogP) is 6.16. The summed E-state index contributed by atoms with van der Waals surface area (Å²) in [7, 11) is 1.26. The van der Waals surface area contributed by atoms with Gasteiger partial charge in [-0.3, -0.25) is 14.4 Å². The first-order valence-corrected chi connectivity index (χ1v) is 17.5. The molecule has 3 rings (SSSR count). The third kappa shape index (κ3) is 12.0. The van der Waals surface area contributed by atoms with E-state index in [4.69, 9.17) is 9.47 Å². The molecule has 0 saturated carbocycles. The van der Waals surface area contributed by atoms with Crippen molar-refractivity contribution >= 4 is 48.4 Å². The van der Waals surface area contributed by atoms with Crippen molar-refractivity contribution in [2.24, 2.45) is 5.92 Å². The van der Waals surface area contributed by atoms with E-state index in [0.29, 0.717) is 34.4 Å². The number of hydrogen-bond acceptors (Lipinski definition) is 10. The van der Waals surface area contributed by atoms with Crippen LogP contribution in [0.3, 0.4) is 0 Å². The number of nitrogens with zero attached hydrogens (tertiary/aromatic N) is 1. The van der Waals surface area contributed by atoms with Gasteiger partial charge in [0, 0.05) is 12.8 Å². The van der Waals surface area contributed by atoms with Gasteiger partial charge in [-0.05, 0) is 41.9 Å². The van der Waals surface area contributed by atoms with Crippen LogP contribution in [0.5, 0.6) is 0 Å². The second-order valence-electron chi connectivity index (χ2n) is 12.6. The van der Waals surface area contributed by atoms with Crippen molar-refractivity contribution in [3.63, 3.8) is 0 Å². The molecule has 0 bridgehead atoms. The fourth-order valence-corrected chi connectivity index (χ4v) is 5.84. The van der Waals surface area contributed by atoms with E-state index in [9.17, 15) is 33.9 Å². The summed E-state index contributed by atoms with van der Waals surface area (Å²) in [6.07, 6.45) is -2.37. The molecule has 0 spiro atoms. The Hall–Kier alpha value is -5.17. The van der Waals surface area contributed by atoms with Gasteiger partial charge in [-0.25, -0.2) is 19.3 Å². The number of carbonyl (C=O) groups is 6. The maximum absolute atomic E-state index is 14.9. The van der Waals surface area contributed by atoms with E-state index < -0.39 is 59.1 Å². The van der Waals surface area contributed by atoms with E-state index >= 15 is 0 Å². The Morgan fingerprint density at radius 3 is 1.81 bits per heavy atom. The Bertz CT molecular complexity index is 1640. The zero-order valence-corrected chi connectivity index (χ0v) is 30.5. The smallest absolute Gasteiger partial charge is 0.418 e. The van der Waals surface area contributed by atoms with Gasteiger partial charge in [0.1, 0.15) is 13.2 Å². The second kappa shape index (κ2) is 20.6. The van der Waals surface area contributed by atoms with Crippen LogP contribution in [0, 0.1) is 5.92 Å². The first kappa shape index (κ1) is 41.3. The van der Waals surface area contributed by atoms with Crippen molar-refractivity contribution in [2.45, 2.75) is 82.4 Å². The Balaban J connectivity index is 2.10. The average Bonchev–Trinajstić information content (AvgIpc) is 3.14. The van der Waals surface area contributed by atoms with Crippen LogP contribution in [0.15, 0.2) is 91.0 Å². The van der Waals surface area contributed by atoms with Crippen LogP contribution in [0.25, 0.3) is 0 Å². The zero-order valence-electron chi connectivity index (χ0n) is 29.6. The van der Waals surface area contributed by atoms with Crippen molar-refractivity contribution in [2.75, 3.05) is 7.11 Å². The van der Waals surface area contributed by atoms with Gasteiger partial charge >= 0.3 is 24.1 Å². The highest BCUT2D eigenvalue weighted by atomic mass is 32.1. The standard InChI is InChI=1S/C39H46N2O10S/c1-27(2)23-31(40-37(47)50-25-29-17-9-5-10-18-29)34(43)39(36(45)46,24-28-15-7-4-8-16-28)41(38(48)51-26-30-19-11-6-12-20-30)35(44)32(52)21-13-14-22-33(42)49-3/h4-12,15-20,27,31-32,52H,13-14,21-26H2,1-3H3,(H,40,47)(H,45,46)/t31-,32?,39+/m0/s1. The largest absolute Gasteiger partial charge is 0.479 e. The molecule has 13 heteroatoms. The number of aliphatic carboxylic acids is 1. The van der Waals surface area contributed by atoms with E-state index in [1.807, 2.05) is 0 Å². The van der Waals surface area contributed by atoms with Gasteiger partial charge in [-0.15, -0.1) is 0 Å². The molecule has 0 saturated heterocycles. The number of carboxylic acids is 1. The lowest BCUT2D eigenvalue weighted by atomic mass is 9.79. The van der Waals surface area contributed by atoms with Gasteiger partial charge in [0.2, 0.25) is 11.4 Å². The molecule has 0 radical (unpaired) electrons. The highest BCUT2D eigenvalue weighted by Gasteiger charge is 2.59. The average molecular weight is 735 g/mol. The molecule has 1 unspecified atom stereocenters. The first-order valence-electron chi connectivity index (χ1n) is 17.0. The second-order valence-corrected chi connectivity index (χ2v) is 13.3. The molecule has 3 aromatic carbocycles. The third-order valence-corrected chi connectivity index (χ3v) is 8.68. The SMILES string of the molecule is COC(=O)CCCCC(S)C(=O)N(C(=O)OCc1ccccc1)[C@@](Cc1ccccc1)(C(=O)O)C(=O)[C@H](CC(C)C)NC(=O)OCc1ccccc1. The number of imide groups is 1. The lowest BCUT2D eigenvalue weighted by Gasteiger charge is -2.40. The molecule has 12 nitrogen and oxygen atoms in total. The molecule has 278 valence electrons. The Kier molecular flexibility index (Phi) is 16.4. The van der Waals surface area contributed by atoms with Gasteiger partial charge in [0.05, 0.1) is 18.4 Å². The topological polar surface area (TPSA) is 166 Å². The van der Waals surface area contributed by atoms with Crippen LogP contribution in [0.4, 0.5) is 9.59 Å². The summed E-state index contributed by atoms with van der Waals surface area (Å²) < 4.78 is 15.6. The molecule has 0 heterocycles. The number of amides is 3. The molecule has 0 aliphatic rings. The molecule has 3 atom stereocenters. The lowest BCUT2D eigenvalue weighted by Crippen LogP contribution is -2.70. The highest BCUT2D eigenvalue weighted by Crippen LogP contribution is 2.31. The van der Waals surface area contributed by atoms with E-state index in [0.717, 1.165) is 0 Å². The number of thiol groups is 1. The van der Waals surface area contributed by atoms with Gasteiger partial charge in [-0.2, -0.15) is 12.6 Å². The fourth-order valence-electron chi connectivity index (χ4n) is 5.54. The quantitative estimate of drug-likeness (QED) is 0.0427. The van der Waals surface area contributed by atoms with Crippen molar-refractivity contribution in [1.82, 2.24) is 10.2 Å². The van der Waals surface area contributed by atoms with E-state index in [1.54, 1.807) is 105 Å². The number of ether oxygens (including phenoxy) is 3. The minimum atomic E-state index is -2.91. The molecule has 3 aromatic rings. The number of alkyl carbamates (subject to hydrolysis) is 1. The number of ketones is 1. The number of unbranched alkanes of at least 4 members (excludes halogenated alkanes) is 1. The van der Waals surface area contributed by atoms with Gasteiger partial charge in [0.15, 0.2) is 5.78 Å². The van der Waals surface area contributed by atoms with Crippen LogP contribution in [-0.2, 0) is 53.0 Å². The number of rotatable bonds is 19. The van der Waals surface area contributed by atoms with Crippen molar-refractivity contribution in [3.05, 3.63) is 108 Å². The highest BCUT2D eigenvalue weighted by molar-refractivity contribution is 7.81. The minimum absolute atomic E-state index is 0.0239. The normalized spacial score (nSPS) is 13.2. The summed E-state index contributed by atoms with van der Waals surface area (Å²) in [6, 6.07) is 23.9. The van der Waals surface area contributed by atoms with Crippen LogP contribution < -0.4 is 5.32 Å². The summed E-state index contributed by atoms with van der Waals surface area (Å²) in [5.41, 5.74) is -1.37. The molecule has 3 amide bonds. The molecule has 0 aliphatic heterocycles. The monoisotopic (exact) mass is 734 g/mol. The maximum atomic E-state index is 14.9. The van der Waals surface area contributed by atoms with Crippen molar-refractivity contribution in [3.8, 4) is 0 Å². The van der Waals surface area contributed by atoms with Crippen LogP contribution in [0.1, 0.15) is 62.6 Å². The number of carbonyl (C=O) groups excluding carboxylic acids is 5. The molecule has 52 heavy (non-hydrogen) atoms. The number of hydrogen-bond donors (Lipinski definition) is 3. The Morgan fingerprint density at radius 2 is 1.31 bits per heavy atom. The zero-order chi connectivity index (χ0) is 38.1. The van der Waals surface area contributed by atoms with Crippen LogP contribution >= 0.6 is 12.6 Å². The molecule has 0 fully saturated rings. The fraction of sp³-hybridized carbons (Fsp3) is 0.385. The van der Waals surface area contributed by atoms with Gasteiger partial charge in [-0.1, -0.05) is 111 Å². The van der Waals surface area contributed by atoms with E-state index in [1.165, 1.54) is 7.11 Å². The molecular formula is C39H46N2O10S. The number of carboxylic acid groups (broad SMARTS) is 1. The Morgan fingerprint density at radius 1 is 0.788 bits per heavy atom.